The molecule has 3 heterocycles. The molecule has 0 bridgehead atoms. The number of hydrogen-bond acceptors (Lipinski definition) is 7. The Labute approximate surface area is 305 Å². The van der Waals surface area contributed by atoms with Gasteiger partial charge in [-0.05, 0) is 64.4 Å². The Balaban J connectivity index is 1.13. The van der Waals surface area contributed by atoms with Gasteiger partial charge >= 0.3 is 20.9 Å². The standard InChI is InChI=1S/C42H39B3N6O/c1-2-3-4-5-24-52-42-31(44-48-35-20-8-14-28-15-9-21-36(49-44)40(28)35)25-30(43-46-33-18-6-12-27-13-7-19-34(47-43)39(27)33)26-32(42)45-50-37-22-10-16-29-17-11-23-38(51-45)41(29)37/h6-23,25-26,46-51H,2-5,24H2,1H3. The Kier molecular flexibility index (Phi) is 7.55. The van der Waals surface area contributed by atoms with Crippen molar-refractivity contribution in [3.05, 3.63) is 121 Å². The molecule has 0 spiro atoms. The molecule has 10 rings (SSSR count). The molecule has 0 unspecified atom stereocenters. The van der Waals surface area contributed by atoms with Crippen molar-refractivity contribution in [3.63, 3.8) is 0 Å². The molecule has 0 aliphatic carbocycles. The summed E-state index contributed by atoms with van der Waals surface area (Å²) in [6.07, 6.45) is 4.53. The van der Waals surface area contributed by atoms with Crippen molar-refractivity contribution >= 4 is 104 Å². The van der Waals surface area contributed by atoms with Crippen LogP contribution in [0.5, 0.6) is 5.75 Å². The third-order valence-electron chi connectivity index (χ3n) is 10.9. The second-order valence-corrected chi connectivity index (χ2v) is 14.2. The van der Waals surface area contributed by atoms with Crippen LogP contribution in [0.4, 0.5) is 34.1 Å². The van der Waals surface area contributed by atoms with Crippen LogP contribution in [-0.4, -0.2) is 27.6 Å². The summed E-state index contributed by atoms with van der Waals surface area (Å²) in [5.74, 6) is 0.895. The Morgan fingerprint density at radius 2 is 0.808 bits per heavy atom. The summed E-state index contributed by atoms with van der Waals surface area (Å²) in [5, 5.41) is 30.5. The summed E-state index contributed by atoms with van der Waals surface area (Å²) in [6, 6.07) is 43.5. The molecule has 252 valence electrons. The van der Waals surface area contributed by atoms with Crippen molar-refractivity contribution in [3.8, 4) is 5.75 Å². The van der Waals surface area contributed by atoms with E-state index in [4.69, 9.17) is 4.74 Å². The SMILES string of the molecule is CCCCCCOc1c(B2Nc3cccc4cccc(c34)N2)cc(B2Nc3cccc4cccc(c34)N2)cc1B1Nc2cccc3cccc(c23)N1. The number of ether oxygens (including phenoxy) is 1. The lowest BCUT2D eigenvalue weighted by molar-refractivity contribution is 0.309. The molecule has 0 aromatic heterocycles. The summed E-state index contributed by atoms with van der Waals surface area (Å²) in [4.78, 5) is 0. The molecule has 3 aliphatic heterocycles. The number of unbranched alkanes of at least 4 members (excludes halogenated alkanes) is 3. The van der Waals surface area contributed by atoms with Gasteiger partial charge in [0.05, 0.1) is 6.61 Å². The van der Waals surface area contributed by atoms with E-state index in [1.165, 1.54) is 45.2 Å². The highest BCUT2D eigenvalue weighted by Gasteiger charge is 2.37. The quantitative estimate of drug-likeness (QED) is 0.0689. The molecule has 6 N–H and O–H groups in total. The van der Waals surface area contributed by atoms with Gasteiger partial charge in [-0.3, -0.25) is 0 Å². The molecule has 52 heavy (non-hydrogen) atoms. The minimum absolute atomic E-state index is 0.171. The van der Waals surface area contributed by atoms with E-state index in [0.717, 1.165) is 69.1 Å². The summed E-state index contributed by atoms with van der Waals surface area (Å²) in [7, 11) is 0. The average molecular weight is 676 g/mol. The fraction of sp³-hybridized carbons (Fsp3) is 0.143. The Bertz CT molecular complexity index is 2270. The van der Waals surface area contributed by atoms with Crippen LogP contribution in [0.3, 0.4) is 0 Å². The average Bonchev–Trinajstić information content (AvgIpc) is 3.18. The van der Waals surface area contributed by atoms with Crippen LogP contribution in [0.2, 0.25) is 0 Å². The monoisotopic (exact) mass is 676 g/mol. The van der Waals surface area contributed by atoms with Gasteiger partial charge in [0.15, 0.2) is 0 Å². The van der Waals surface area contributed by atoms with E-state index in [1.54, 1.807) is 0 Å². The molecule has 7 nitrogen and oxygen atoms in total. The van der Waals surface area contributed by atoms with Gasteiger partial charge in [-0.1, -0.05) is 111 Å². The molecule has 10 heteroatoms. The highest BCUT2D eigenvalue weighted by Crippen LogP contribution is 2.37. The largest absolute Gasteiger partial charge is 0.494 e. The smallest absolute Gasteiger partial charge is 0.409 e. The van der Waals surface area contributed by atoms with Gasteiger partial charge in [-0.15, -0.1) is 0 Å². The highest BCUT2D eigenvalue weighted by atomic mass is 16.5. The van der Waals surface area contributed by atoms with Crippen molar-refractivity contribution in [2.24, 2.45) is 0 Å². The van der Waals surface area contributed by atoms with Gasteiger partial charge in [0.2, 0.25) is 0 Å². The predicted octanol–water partition coefficient (Wildman–Crippen LogP) is 7.80. The van der Waals surface area contributed by atoms with Gasteiger partial charge < -0.3 is 36.1 Å². The molecule has 7 aromatic carbocycles. The van der Waals surface area contributed by atoms with Gasteiger partial charge in [0.25, 0.3) is 0 Å². The second-order valence-electron chi connectivity index (χ2n) is 14.2. The molecule has 0 amide bonds. The van der Waals surface area contributed by atoms with E-state index >= 15 is 0 Å². The minimum Gasteiger partial charge on any atom is -0.494 e. The van der Waals surface area contributed by atoms with E-state index in [-0.39, 0.29) is 20.9 Å². The van der Waals surface area contributed by atoms with Crippen LogP contribution in [0.15, 0.2) is 121 Å². The van der Waals surface area contributed by atoms with Crippen molar-refractivity contribution in [1.29, 1.82) is 0 Å². The normalized spacial score (nSPS) is 13.9. The first kappa shape index (κ1) is 30.9. The first-order valence-corrected chi connectivity index (χ1v) is 18.7. The van der Waals surface area contributed by atoms with Gasteiger partial charge in [0, 0.05) is 61.2 Å². The Morgan fingerprint density at radius 1 is 0.442 bits per heavy atom. The van der Waals surface area contributed by atoms with Crippen LogP contribution < -0.4 is 52.5 Å². The molecule has 0 saturated carbocycles. The van der Waals surface area contributed by atoms with Crippen LogP contribution in [-0.2, 0) is 0 Å². The molecule has 7 aromatic rings. The van der Waals surface area contributed by atoms with Crippen LogP contribution in [0.25, 0.3) is 32.3 Å². The maximum Gasteiger partial charge on any atom is 0.409 e. The number of benzene rings is 7. The lowest BCUT2D eigenvalue weighted by Crippen LogP contribution is -2.58. The fourth-order valence-electron chi connectivity index (χ4n) is 8.43. The minimum atomic E-state index is -0.233. The summed E-state index contributed by atoms with van der Waals surface area (Å²) >= 11 is 0. The topological polar surface area (TPSA) is 81.4 Å². The lowest BCUT2D eigenvalue weighted by Gasteiger charge is -2.33. The van der Waals surface area contributed by atoms with Crippen molar-refractivity contribution in [2.45, 2.75) is 32.6 Å². The zero-order chi connectivity index (χ0) is 34.6. The van der Waals surface area contributed by atoms with Crippen molar-refractivity contribution in [2.75, 3.05) is 38.0 Å². The van der Waals surface area contributed by atoms with Crippen LogP contribution in [0.1, 0.15) is 32.6 Å². The van der Waals surface area contributed by atoms with Gasteiger partial charge in [-0.2, -0.15) is 0 Å². The zero-order valence-corrected chi connectivity index (χ0v) is 29.2. The van der Waals surface area contributed by atoms with E-state index in [0.29, 0.717) is 6.61 Å². The van der Waals surface area contributed by atoms with Crippen molar-refractivity contribution < 1.29 is 4.74 Å². The van der Waals surface area contributed by atoms with Crippen LogP contribution in [0, 0.1) is 0 Å². The van der Waals surface area contributed by atoms with Crippen LogP contribution >= 0.6 is 0 Å². The van der Waals surface area contributed by atoms with E-state index in [2.05, 4.69) is 160 Å². The summed E-state index contributed by atoms with van der Waals surface area (Å²) < 4.78 is 6.99. The molecule has 3 aliphatic rings. The third-order valence-corrected chi connectivity index (χ3v) is 10.9. The molecular weight excluding hydrogens is 637 g/mol. The van der Waals surface area contributed by atoms with E-state index in [9.17, 15) is 0 Å². The van der Waals surface area contributed by atoms with Gasteiger partial charge in [-0.25, -0.2) is 0 Å². The Hall–Kier alpha value is -5.89. The van der Waals surface area contributed by atoms with Gasteiger partial charge in [0.1, 0.15) is 5.75 Å². The number of nitrogens with one attached hydrogen (secondary N) is 6. The number of rotatable bonds is 9. The fourth-order valence-corrected chi connectivity index (χ4v) is 8.43. The van der Waals surface area contributed by atoms with E-state index in [1.807, 2.05) is 0 Å². The highest BCUT2D eigenvalue weighted by molar-refractivity contribution is 6.87. The molecule has 0 saturated heterocycles. The lowest BCUT2D eigenvalue weighted by atomic mass is 9.55. The predicted molar refractivity (Wildman–Crippen MR) is 226 cm³/mol. The molecule has 0 radical (unpaired) electrons. The molecule has 0 atom stereocenters. The number of hydrogen-bond donors (Lipinski definition) is 6. The summed E-state index contributed by atoms with van der Waals surface area (Å²) in [6.45, 7) is 2.26. The first-order valence-electron chi connectivity index (χ1n) is 18.7. The first-order chi connectivity index (χ1) is 25.7. The maximum absolute atomic E-state index is 6.99. The van der Waals surface area contributed by atoms with Crippen molar-refractivity contribution in [1.82, 2.24) is 0 Å². The second kappa shape index (κ2) is 12.7. The maximum atomic E-state index is 6.99. The van der Waals surface area contributed by atoms with E-state index < -0.39 is 0 Å². The molecule has 0 fully saturated rings. The molecular formula is C42H39B3N6O. The third kappa shape index (κ3) is 5.24. The number of anilines is 6. The Morgan fingerprint density at radius 3 is 1.17 bits per heavy atom. The zero-order valence-electron chi connectivity index (χ0n) is 29.2. The summed E-state index contributed by atoms with van der Waals surface area (Å²) in [5.41, 5.74) is 9.95.